The molecule has 0 saturated carbocycles. The summed E-state index contributed by atoms with van der Waals surface area (Å²) in [6, 6.07) is 38.3. The quantitative estimate of drug-likeness (QED) is 0.189. The molecular weight excluding hydrogens is 515 g/mol. The Morgan fingerprint density at radius 1 is 0.389 bits per heavy atom. The first-order chi connectivity index (χ1) is 17.7. The second-order valence-corrected chi connectivity index (χ2v) is 8.71. The van der Waals surface area contributed by atoms with Crippen LogP contribution in [0.2, 0.25) is 0 Å². The summed E-state index contributed by atoms with van der Waals surface area (Å²) in [5.74, 6) is 4.67. The number of halogens is 1. The van der Waals surface area contributed by atoms with Crippen LogP contribution < -0.4 is 24.4 Å². The zero-order chi connectivity index (χ0) is 24.7. The summed E-state index contributed by atoms with van der Waals surface area (Å²) in [4.78, 5) is 0. The molecule has 5 aromatic rings. The van der Waals surface area contributed by atoms with Crippen molar-refractivity contribution in [2.75, 3.05) is 0 Å². The van der Waals surface area contributed by atoms with Crippen LogP contribution in [0, 0.1) is 0 Å². The van der Waals surface area contributed by atoms with E-state index in [1.807, 2.05) is 129 Å². The zero-order valence-corrected chi connectivity index (χ0v) is 21.1. The second kappa shape index (κ2) is 11.1. The fraction of sp³-hybridized carbons (Fsp3) is 0. The summed E-state index contributed by atoms with van der Waals surface area (Å²) >= 11 is 3.75. The van der Waals surface area contributed by atoms with Gasteiger partial charge in [0.05, 0.1) is 0 Å². The van der Waals surface area contributed by atoms with Gasteiger partial charge in [-0.3, -0.25) is 0 Å². The van der Waals surface area contributed by atoms with Crippen molar-refractivity contribution < 1.29 is 18.9 Å². The van der Waals surface area contributed by atoms with Crippen LogP contribution in [0.3, 0.4) is 0 Å². The maximum absolute atomic E-state index is 6.39. The molecule has 5 rings (SSSR count). The molecule has 36 heavy (non-hydrogen) atoms. The van der Waals surface area contributed by atoms with Gasteiger partial charge in [0.1, 0.15) is 35.3 Å². The van der Waals surface area contributed by atoms with Crippen LogP contribution in [0.4, 0.5) is 0 Å². The minimum absolute atomic E-state index is 0.480. The van der Waals surface area contributed by atoms with Gasteiger partial charge in [-0.15, -0.1) is 0 Å². The summed E-state index contributed by atoms with van der Waals surface area (Å²) < 4.78 is 26.1. The number of benzene rings is 5. The number of rotatable bonds is 8. The lowest BCUT2D eigenvalue weighted by molar-refractivity contribution is 0.391. The lowest BCUT2D eigenvalue weighted by Crippen LogP contribution is -2.14. The largest absolute Gasteiger partial charge is 0.454 e. The summed E-state index contributed by atoms with van der Waals surface area (Å²) in [6.07, 6.45) is 0. The Balaban J connectivity index is 1.70. The van der Waals surface area contributed by atoms with Gasteiger partial charge in [-0.05, 0) is 64.5 Å². The van der Waals surface area contributed by atoms with Crippen LogP contribution in [0.15, 0.2) is 126 Å². The molecule has 0 saturated heterocycles. The van der Waals surface area contributed by atoms with Crippen LogP contribution in [0.1, 0.15) is 0 Å². The molecule has 0 fully saturated rings. The van der Waals surface area contributed by atoms with Crippen molar-refractivity contribution >= 4 is 29.2 Å². The van der Waals surface area contributed by atoms with Gasteiger partial charge < -0.3 is 18.9 Å². The van der Waals surface area contributed by atoms with E-state index in [0.29, 0.717) is 50.5 Å². The molecule has 0 aliphatic carbocycles. The first-order valence-corrected chi connectivity index (χ1v) is 12.3. The van der Waals surface area contributed by atoms with Crippen molar-refractivity contribution in [3.63, 3.8) is 0 Å². The fourth-order valence-electron chi connectivity index (χ4n) is 3.60. The molecule has 0 radical (unpaired) electrons. The van der Waals surface area contributed by atoms with Gasteiger partial charge in [-0.2, -0.15) is 0 Å². The Kier molecular flexibility index (Phi) is 7.24. The highest BCUT2D eigenvalue weighted by Crippen LogP contribution is 2.51. The Bertz CT molecular complexity index is 1210. The summed E-state index contributed by atoms with van der Waals surface area (Å²) in [5, 5.41) is 0. The maximum atomic E-state index is 6.39. The topological polar surface area (TPSA) is 36.9 Å². The molecule has 4 nitrogen and oxygen atoms in total. The number of ether oxygens (including phenoxy) is 4. The monoisotopic (exact) mass is 536 g/mol. The molecule has 6 heteroatoms. The van der Waals surface area contributed by atoms with Gasteiger partial charge in [-0.25, -0.2) is 0 Å². The highest BCUT2D eigenvalue weighted by molar-refractivity contribution is 9.10. The molecule has 0 heterocycles. The van der Waals surface area contributed by atoms with E-state index in [2.05, 4.69) is 15.9 Å². The van der Waals surface area contributed by atoms with Crippen LogP contribution in [-0.4, -0.2) is 7.85 Å². The number of hydrogen-bond donors (Lipinski definition) is 0. The van der Waals surface area contributed by atoms with E-state index in [0.717, 1.165) is 5.46 Å². The predicted molar refractivity (Wildman–Crippen MR) is 148 cm³/mol. The Morgan fingerprint density at radius 2 is 0.639 bits per heavy atom. The molecule has 0 N–H and O–H groups in total. The summed E-state index contributed by atoms with van der Waals surface area (Å²) in [5.41, 5.74) is 0.725. The lowest BCUT2D eigenvalue weighted by atomic mass is 9.92. The molecule has 0 unspecified atom stereocenters. The third-order valence-corrected chi connectivity index (χ3v) is 6.07. The molecule has 0 bridgehead atoms. The maximum Gasteiger partial charge on any atom is 0.187 e. The highest BCUT2D eigenvalue weighted by atomic mass is 79.9. The highest BCUT2D eigenvalue weighted by Gasteiger charge is 2.27. The van der Waals surface area contributed by atoms with Crippen molar-refractivity contribution in [3.8, 4) is 46.0 Å². The van der Waals surface area contributed by atoms with Crippen LogP contribution in [-0.2, 0) is 0 Å². The summed E-state index contributed by atoms with van der Waals surface area (Å²) in [7, 11) is 1.93. The first-order valence-electron chi connectivity index (χ1n) is 11.5. The molecule has 0 spiro atoms. The van der Waals surface area contributed by atoms with Crippen molar-refractivity contribution in [1.82, 2.24) is 0 Å². The van der Waals surface area contributed by atoms with Gasteiger partial charge in [0.2, 0.25) is 0 Å². The minimum atomic E-state index is 0.480. The van der Waals surface area contributed by atoms with Crippen molar-refractivity contribution in [2.24, 2.45) is 0 Å². The zero-order valence-electron chi connectivity index (χ0n) is 19.6. The standard InChI is InChI=1S/C30H22BBrO4/c31-25-27(33-21-13-5-1-6-14-21)29(35-23-17-9-3-10-18-23)26(32)30(36-24-19-11-4-12-20-24)28(25)34-22-15-7-2-8-16-22/h1-20H,31H2. The third-order valence-electron chi connectivity index (χ3n) is 5.34. The van der Waals surface area contributed by atoms with Crippen molar-refractivity contribution in [1.29, 1.82) is 0 Å². The molecule has 0 aliphatic heterocycles. The van der Waals surface area contributed by atoms with Gasteiger partial charge in [0, 0.05) is 5.46 Å². The Labute approximate surface area is 219 Å². The van der Waals surface area contributed by atoms with Gasteiger partial charge in [0.15, 0.2) is 23.0 Å². The van der Waals surface area contributed by atoms with E-state index in [9.17, 15) is 0 Å². The second-order valence-electron chi connectivity index (χ2n) is 7.92. The molecule has 0 aromatic heterocycles. The van der Waals surface area contributed by atoms with E-state index in [-0.39, 0.29) is 0 Å². The fourth-order valence-corrected chi connectivity index (χ4v) is 4.12. The van der Waals surface area contributed by atoms with Gasteiger partial charge in [-0.1, -0.05) is 72.8 Å². The predicted octanol–water partition coefficient (Wildman–Crippen LogP) is 7.88. The summed E-state index contributed by atoms with van der Waals surface area (Å²) in [6.45, 7) is 0. The van der Waals surface area contributed by atoms with Crippen LogP contribution in [0.5, 0.6) is 46.0 Å². The lowest BCUT2D eigenvalue weighted by Gasteiger charge is -2.23. The average Bonchev–Trinajstić information content (AvgIpc) is 2.93. The number of hydrogen-bond acceptors (Lipinski definition) is 4. The first kappa shape index (κ1) is 23.6. The smallest absolute Gasteiger partial charge is 0.187 e. The molecule has 0 atom stereocenters. The third kappa shape index (κ3) is 5.39. The molecule has 176 valence electrons. The SMILES string of the molecule is Bc1c(Oc2ccccc2)c(Oc2ccccc2)c(Br)c(Oc2ccccc2)c1Oc1ccccc1. The van der Waals surface area contributed by atoms with Crippen LogP contribution in [0.25, 0.3) is 0 Å². The minimum Gasteiger partial charge on any atom is -0.454 e. The van der Waals surface area contributed by atoms with Crippen LogP contribution >= 0.6 is 15.9 Å². The van der Waals surface area contributed by atoms with Gasteiger partial charge in [0.25, 0.3) is 0 Å². The average molecular weight is 537 g/mol. The van der Waals surface area contributed by atoms with E-state index >= 15 is 0 Å². The molecule has 0 aliphatic rings. The normalized spacial score (nSPS) is 10.5. The van der Waals surface area contributed by atoms with Crippen molar-refractivity contribution in [3.05, 3.63) is 126 Å². The Morgan fingerprint density at radius 3 is 0.917 bits per heavy atom. The van der Waals surface area contributed by atoms with E-state index in [1.165, 1.54) is 0 Å². The van der Waals surface area contributed by atoms with Gasteiger partial charge >= 0.3 is 0 Å². The molecule has 5 aromatic carbocycles. The van der Waals surface area contributed by atoms with E-state index in [1.54, 1.807) is 0 Å². The molecular formula is C30H22BBrO4. The van der Waals surface area contributed by atoms with E-state index in [4.69, 9.17) is 18.9 Å². The Hall–Kier alpha value is -4.16. The van der Waals surface area contributed by atoms with E-state index < -0.39 is 0 Å². The number of para-hydroxylation sites is 4. The molecule has 0 amide bonds. The van der Waals surface area contributed by atoms with Crippen molar-refractivity contribution in [2.45, 2.75) is 0 Å².